The lowest BCUT2D eigenvalue weighted by Gasteiger charge is -2.18. The molecular formula is C22H25ClN2OS2. The minimum absolute atomic E-state index is 0.698. The summed E-state index contributed by atoms with van der Waals surface area (Å²) in [5.41, 5.74) is 1.07. The zero-order valence-corrected chi connectivity index (χ0v) is 18.6. The first-order chi connectivity index (χ1) is 13.7. The second-order valence-electron chi connectivity index (χ2n) is 6.25. The number of aromatic nitrogens is 1. The van der Waals surface area contributed by atoms with Crippen molar-refractivity contribution in [3.05, 3.63) is 59.1 Å². The summed E-state index contributed by atoms with van der Waals surface area (Å²) in [7, 11) is 0. The number of nitrogens with zero attached hydrogens (tertiary/aromatic N) is 2. The van der Waals surface area contributed by atoms with Crippen molar-refractivity contribution in [3.63, 3.8) is 0 Å². The molecule has 2 aromatic carbocycles. The maximum absolute atomic E-state index is 6.20. The Hall–Kier alpha value is -1.53. The van der Waals surface area contributed by atoms with Gasteiger partial charge in [0, 0.05) is 32.9 Å². The smallest absolute Gasteiger partial charge is 0.130 e. The number of thiazole rings is 1. The quantitative estimate of drug-likeness (QED) is 0.332. The van der Waals surface area contributed by atoms with Gasteiger partial charge < -0.3 is 9.64 Å². The topological polar surface area (TPSA) is 25.4 Å². The summed E-state index contributed by atoms with van der Waals surface area (Å²) in [6.07, 6.45) is 2.85. The molecule has 0 aliphatic rings. The van der Waals surface area contributed by atoms with Crippen molar-refractivity contribution in [1.82, 2.24) is 9.88 Å². The molecule has 3 rings (SSSR count). The van der Waals surface area contributed by atoms with E-state index < -0.39 is 0 Å². The van der Waals surface area contributed by atoms with Crippen LogP contribution in [0.1, 0.15) is 20.3 Å². The zero-order chi connectivity index (χ0) is 19.8. The fourth-order valence-corrected chi connectivity index (χ4v) is 4.78. The molecule has 28 heavy (non-hydrogen) atoms. The highest BCUT2D eigenvalue weighted by atomic mass is 35.5. The molecule has 3 aromatic rings. The molecule has 0 aliphatic heterocycles. The third kappa shape index (κ3) is 5.74. The van der Waals surface area contributed by atoms with Gasteiger partial charge in [-0.1, -0.05) is 43.3 Å². The van der Waals surface area contributed by atoms with Gasteiger partial charge in [0.15, 0.2) is 0 Å². The molecule has 0 radical (unpaired) electrons. The Morgan fingerprint density at radius 1 is 1.11 bits per heavy atom. The van der Waals surface area contributed by atoms with E-state index in [2.05, 4.69) is 35.9 Å². The number of benzene rings is 2. The lowest BCUT2D eigenvalue weighted by Crippen LogP contribution is -2.25. The molecule has 0 bridgehead atoms. The summed E-state index contributed by atoms with van der Waals surface area (Å²) in [4.78, 5) is 9.23. The van der Waals surface area contributed by atoms with Crippen LogP contribution in [0.4, 0.5) is 0 Å². The molecule has 0 saturated carbocycles. The predicted octanol–water partition coefficient (Wildman–Crippen LogP) is 6.73. The molecule has 1 heterocycles. The van der Waals surface area contributed by atoms with Gasteiger partial charge in [-0.25, -0.2) is 4.98 Å². The first-order valence-electron chi connectivity index (χ1n) is 9.52. The van der Waals surface area contributed by atoms with E-state index >= 15 is 0 Å². The average Bonchev–Trinajstić information content (AvgIpc) is 3.24. The zero-order valence-electron chi connectivity index (χ0n) is 16.2. The fourth-order valence-electron chi connectivity index (χ4n) is 2.91. The first kappa shape index (κ1) is 21.2. The Labute approximate surface area is 180 Å². The summed E-state index contributed by atoms with van der Waals surface area (Å²) in [5.74, 6) is 0.897. The third-order valence-corrected chi connectivity index (χ3v) is 6.56. The van der Waals surface area contributed by atoms with Crippen molar-refractivity contribution >= 4 is 34.7 Å². The summed E-state index contributed by atoms with van der Waals surface area (Å²) in [6, 6.07) is 14.1. The largest absolute Gasteiger partial charge is 0.493 e. The Bertz CT molecular complexity index is 849. The third-order valence-electron chi connectivity index (χ3n) is 4.45. The van der Waals surface area contributed by atoms with Crippen molar-refractivity contribution in [1.29, 1.82) is 0 Å². The average molecular weight is 433 g/mol. The van der Waals surface area contributed by atoms with E-state index in [-0.39, 0.29) is 0 Å². The van der Waals surface area contributed by atoms with Crippen molar-refractivity contribution in [2.75, 3.05) is 26.2 Å². The molecule has 148 valence electrons. The summed E-state index contributed by atoms with van der Waals surface area (Å²) >= 11 is 9.37. The van der Waals surface area contributed by atoms with Crippen molar-refractivity contribution in [3.8, 4) is 16.3 Å². The van der Waals surface area contributed by atoms with Crippen LogP contribution in [0.25, 0.3) is 10.6 Å². The molecule has 0 unspecified atom stereocenters. The Balaban J connectivity index is 1.79. The number of ether oxygens (including phenoxy) is 1. The second-order valence-corrected chi connectivity index (χ2v) is 8.70. The highest BCUT2D eigenvalue weighted by Gasteiger charge is 2.15. The van der Waals surface area contributed by atoms with E-state index in [4.69, 9.17) is 16.3 Å². The van der Waals surface area contributed by atoms with Crippen LogP contribution >= 0.6 is 34.7 Å². The number of rotatable bonds is 10. The molecule has 0 amide bonds. The lowest BCUT2D eigenvalue weighted by atomic mass is 10.2. The lowest BCUT2D eigenvalue weighted by molar-refractivity contribution is 0.249. The van der Waals surface area contributed by atoms with Crippen LogP contribution in [-0.2, 0) is 0 Å². The second kappa shape index (κ2) is 10.9. The molecule has 1 aromatic heterocycles. The van der Waals surface area contributed by atoms with Crippen LogP contribution < -0.4 is 4.74 Å². The van der Waals surface area contributed by atoms with E-state index in [1.54, 1.807) is 23.1 Å². The monoisotopic (exact) mass is 432 g/mol. The van der Waals surface area contributed by atoms with Gasteiger partial charge in [0.2, 0.25) is 0 Å². The molecule has 0 fully saturated rings. The minimum Gasteiger partial charge on any atom is -0.493 e. The van der Waals surface area contributed by atoms with Gasteiger partial charge >= 0.3 is 0 Å². The van der Waals surface area contributed by atoms with Crippen LogP contribution in [0, 0.1) is 0 Å². The van der Waals surface area contributed by atoms with Gasteiger partial charge in [-0.2, -0.15) is 0 Å². The highest BCUT2D eigenvalue weighted by molar-refractivity contribution is 7.99. The number of hydrogen-bond donors (Lipinski definition) is 0. The molecule has 0 atom stereocenters. The van der Waals surface area contributed by atoms with E-state index in [0.717, 1.165) is 57.2 Å². The first-order valence-corrected chi connectivity index (χ1v) is 11.6. The Kier molecular flexibility index (Phi) is 8.22. The van der Waals surface area contributed by atoms with Crippen LogP contribution in [0.3, 0.4) is 0 Å². The van der Waals surface area contributed by atoms with Gasteiger partial charge in [-0.3, -0.25) is 0 Å². The van der Waals surface area contributed by atoms with E-state index in [1.165, 1.54) is 0 Å². The summed E-state index contributed by atoms with van der Waals surface area (Å²) < 4.78 is 6.20. The van der Waals surface area contributed by atoms with Gasteiger partial charge in [0.25, 0.3) is 0 Å². The molecule has 3 nitrogen and oxygen atoms in total. The van der Waals surface area contributed by atoms with Crippen LogP contribution in [0.2, 0.25) is 5.02 Å². The van der Waals surface area contributed by atoms with E-state index in [1.807, 2.05) is 41.9 Å². The molecular weight excluding hydrogens is 408 g/mol. The normalized spacial score (nSPS) is 11.1. The van der Waals surface area contributed by atoms with Crippen LogP contribution in [0.15, 0.2) is 63.8 Å². The number of halogens is 1. The highest BCUT2D eigenvalue weighted by Crippen LogP contribution is 2.42. The Morgan fingerprint density at radius 3 is 2.57 bits per heavy atom. The number of hydrogen-bond acceptors (Lipinski definition) is 5. The molecule has 0 spiro atoms. The van der Waals surface area contributed by atoms with Crippen LogP contribution in [0.5, 0.6) is 5.75 Å². The Morgan fingerprint density at radius 2 is 1.89 bits per heavy atom. The molecule has 6 heteroatoms. The van der Waals surface area contributed by atoms with Crippen molar-refractivity contribution in [2.24, 2.45) is 0 Å². The molecule has 0 N–H and O–H groups in total. The van der Waals surface area contributed by atoms with E-state index in [0.29, 0.717) is 6.61 Å². The maximum Gasteiger partial charge on any atom is 0.130 e. The molecule has 0 saturated heterocycles. The summed E-state index contributed by atoms with van der Waals surface area (Å²) in [6.45, 7) is 8.30. The van der Waals surface area contributed by atoms with Gasteiger partial charge in [0.05, 0.1) is 12.2 Å². The van der Waals surface area contributed by atoms with Crippen LogP contribution in [-0.4, -0.2) is 36.1 Å². The fraction of sp³-hybridized carbons (Fsp3) is 0.318. The van der Waals surface area contributed by atoms with Crippen molar-refractivity contribution < 1.29 is 4.74 Å². The standard InChI is InChI=1S/C22H25ClN2OS2/c1-3-25(4-2)14-6-15-26-19-7-5-8-20(21(19)22-24-13-16-27-22)28-18-11-9-17(23)10-12-18/h5,7-13,16H,3-4,6,14-15H2,1-2H3. The summed E-state index contributed by atoms with van der Waals surface area (Å²) in [5, 5.41) is 3.73. The van der Waals surface area contributed by atoms with E-state index in [9.17, 15) is 0 Å². The van der Waals surface area contributed by atoms with Gasteiger partial charge in [-0.15, -0.1) is 11.3 Å². The molecule has 0 aliphatic carbocycles. The predicted molar refractivity (Wildman–Crippen MR) is 121 cm³/mol. The SMILES string of the molecule is CCN(CC)CCCOc1cccc(Sc2ccc(Cl)cc2)c1-c1nccs1. The van der Waals surface area contributed by atoms with Gasteiger partial charge in [-0.05, 0) is 55.9 Å². The maximum atomic E-state index is 6.20. The van der Waals surface area contributed by atoms with Gasteiger partial charge in [0.1, 0.15) is 10.8 Å². The minimum atomic E-state index is 0.698. The van der Waals surface area contributed by atoms with Crippen molar-refractivity contribution in [2.45, 2.75) is 30.1 Å².